The van der Waals surface area contributed by atoms with Crippen LogP contribution in [0.25, 0.3) is 11.6 Å². The summed E-state index contributed by atoms with van der Waals surface area (Å²) in [6.45, 7) is 0. The van der Waals surface area contributed by atoms with Gasteiger partial charge < -0.3 is 4.74 Å². The highest BCUT2D eigenvalue weighted by Gasteiger charge is 2.19. The first-order chi connectivity index (χ1) is 13.8. The summed E-state index contributed by atoms with van der Waals surface area (Å²) in [5.74, 6) is 1.52. The third kappa shape index (κ3) is 4.26. The number of methoxy groups -OCH3 is 1. The fraction of sp³-hybridized carbons (Fsp3) is 0.185. The fourth-order valence-electron chi connectivity index (χ4n) is 3.95. The lowest BCUT2D eigenvalue weighted by atomic mass is 9.81. The predicted molar refractivity (Wildman–Crippen MR) is 118 cm³/mol. The molecule has 0 N–H and O–H groups in total. The van der Waals surface area contributed by atoms with Gasteiger partial charge in [-0.2, -0.15) is 0 Å². The lowest BCUT2D eigenvalue weighted by molar-refractivity contribution is 0.415. The van der Waals surface area contributed by atoms with Crippen LogP contribution in [0.2, 0.25) is 0 Å². The lowest BCUT2D eigenvalue weighted by Gasteiger charge is -2.24. The van der Waals surface area contributed by atoms with Gasteiger partial charge in [-0.05, 0) is 71.2 Å². The summed E-state index contributed by atoms with van der Waals surface area (Å²) in [6, 6.07) is 29.9. The number of benzene rings is 3. The van der Waals surface area contributed by atoms with Crippen LogP contribution in [0.3, 0.4) is 0 Å². The molecule has 0 amide bonds. The molecular formula is C27H26O. The number of hydrogen-bond acceptors (Lipinski definition) is 1. The minimum atomic E-state index is 0.624. The van der Waals surface area contributed by atoms with Gasteiger partial charge in [0, 0.05) is 0 Å². The van der Waals surface area contributed by atoms with Gasteiger partial charge in [0.25, 0.3) is 0 Å². The second-order valence-electron chi connectivity index (χ2n) is 7.31. The number of ether oxygens (including phenoxy) is 1. The second kappa shape index (κ2) is 8.75. The molecule has 0 radical (unpaired) electrons. The van der Waals surface area contributed by atoms with Gasteiger partial charge in [-0.15, -0.1) is 0 Å². The Morgan fingerprint density at radius 1 is 0.857 bits per heavy atom. The van der Waals surface area contributed by atoms with E-state index in [0.29, 0.717) is 5.92 Å². The molecule has 3 aromatic rings. The molecule has 28 heavy (non-hydrogen) atoms. The molecule has 140 valence electrons. The average Bonchev–Trinajstić information content (AvgIpc) is 2.79. The molecule has 1 aliphatic carbocycles. The maximum Gasteiger partial charge on any atom is 0.118 e. The maximum atomic E-state index is 5.34. The molecule has 0 fully saturated rings. The first kappa shape index (κ1) is 18.3. The third-order valence-corrected chi connectivity index (χ3v) is 5.54. The highest BCUT2D eigenvalue weighted by atomic mass is 16.5. The van der Waals surface area contributed by atoms with E-state index in [0.717, 1.165) is 18.6 Å². The molecule has 1 aliphatic rings. The Hall–Kier alpha value is -3.06. The van der Waals surface area contributed by atoms with Crippen molar-refractivity contribution in [1.29, 1.82) is 0 Å². The van der Waals surface area contributed by atoms with Gasteiger partial charge in [0.15, 0.2) is 0 Å². The van der Waals surface area contributed by atoms with Gasteiger partial charge in [-0.3, -0.25) is 0 Å². The van der Waals surface area contributed by atoms with Crippen LogP contribution in [0.5, 0.6) is 5.75 Å². The summed E-state index contributed by atoms with van der Waals surface area (Å²) >= 11 is 0. The molecule has 0 aliphatic heterocycles. The van der Waals surface area contributed by atoms with Crippen LogP contribution in [0.4, 0.5) is 0 Å². The molecule has 0 bridgehead atoms. The van der Waals surface area contributed by atoms with E-state index in [9.17, 15) is 0 Å². The van der Waals surface area contributed by atoms with Crippen LogP contribution in [-0.2, 0) is 0 Å². The third-order valence-electron chi connectivity index (χ3n) is 5.54. The SMILES string of the molecule is COc1ccc(/C(=C\c2ccccc2)C2=CCC(c3ccccc3)CC2)cc1. The zero-order chi connectivity index (χ0) is 19.2. The van der Waals surface area contributed by atoms with Crippen molar-refractivity contribution in [3.8, 4) is 5.75 Å². The summed E-state index contributed by atoms with van der Waals surface area (Å²) in [4.78, 5) is 0. The molecule has 0 aromatic heterocycles. The topological polar surface area (TPSA) is 9.23 Å². The molecule has 1 nitrogen and oxygen atoms in total. The van der Waals surface area contributed by atoms with E-state index in [-0.39, 0.29) is 0 Å². The second-order valence-corrected chi connectivity index (χ2v) is 7.31. The Labute approximate surface area is 168 Å². The smallest absolute Gasteiger partial charge is 0.118 e. The van der Waals surface area contributed by atoms with Crippen molar-refractivity contribution < 1.29 is 4.74 Å². The van der Waals surface area contributed by atoms with Crippen molar-refractivity contribution in [3.63, 3.8) is 0 Å². The monoisotopic (exact) mass is 366 g/mol. The Balaban J connectivity index is 1.66. The molecule has 1 unspecified atom stereocenters. The summed E-state index contributed by atoms with van der Waals surface area (Å²) < 4.78 is 5.34. The van der Waals surface area contributed by atoms with Crippen LogP contribution >= 0.6 is 0 Å². The van der Waals surface area contributed by atoms with Crippen molar-refractivity contribution in [3.05, 3.63) is 113 Å². The quantitative estimate of drug-likeness (QED) is 0.436. The molecule has 3 aromatic carbocycles. The zero-order valence-electron chi connectivity index (χ0n) is 16.3. The Bertz CT molecular complexity index is 950. The summed E-state index contributed by atoms with van der Waals surface area (Å²) in [5, 5.41) is 0. The fourth-order valence-corrected chi connectivity index (χ4v) is 3.95. The largest absolute Gasteiger partial charge is 0.497 e. The molecule has 0 saturated heterocycles. The van der Waals surface area contributed by atoms with Gasteiger partial charge in [-0.25, -0.2) is 0 Å². The summed E-state index contributed by atoms with van der Waals surface area (Å²) in [6.07, 6.45) is 8.15. The predicted octanol–water partition coefficient (Wildman–Crippen LogP) is 7.13. The van der Waals surface area contributed by atoms with Gasteiger partial charge >= 0.3 is 0 Å². The van der Waals surface area contributed by atoms with Crippen molar-refractivity contribution in [1.82, 2.24) is 0 Å². The number of allylic oxidation sites excluding steroid dienone is 3. The van der Waals surface area contributed by atoms with E-state index in [1.807, 2.05) is 12.1 Å². The number of rotatable bonds is 5. The summed E-state index contributed by atoms with van der Waals surface area (Å²) in [7, 11) is 1.71. The number of hydrogen-bond donors (Lipinski definition) is 0. The van der Waals surface area contributed by atoms with Crippen molar-refractivity contribution in [2.75, 3.05) is 7.11 Å². The molecule has 1 atom stereocenters. The van der Waals surface area contributed by atoms with E-state index in [4.69, 9.17) is 4.74 Å². The van der Waals surface area contributed by atoms with Crippen LogP contribution in [-0.4, -0.2) is 7.11 Å². The molecule has 4 rings (SSSR count). The van der Waals surface area contributed by atoms with Crippen LogP contribution in [0, 0.1) is 0 Å². The molecule has 1 heteroatoms. The molecular weight excluding hydrogens is 340 g/mol. The van der Waals surface area contributed by atoms with Gasteiger partial charge in [0.2, 0.25) is 0 Å². The van der Waals surface area contributed by atoms with Gasteiger partial charge in [0.1, 0.15) is 5.75 Å². The van der Waals surface area contributed by atoms with Crippen molar-refractivity contribution in [2.45, 2.75) is 25.2 Å². The van der Waals surface area contributed by atoms with E-state index in [1.54, 1.807) is 7.11 Å². The Morgan fingerprint density at radius 3 is 2.14 bits per heavy atom. The van der Waals surface area contributed by atoms with Crippen LogP contribution < -0.4 is 4.74 Å². The minimum absolute atomic E-state index is 0.624. The Morgan fingerprint density at radius 2 is 1.54 bits per heavy atom. The van der Waals surface area contributed by atoms with E-state index >= 15 is 0 Å². The zero-order valence-corrected chi connectivity index (χ0v) is 16.3. The van der Waals surface area contributed by atoms with E-state index in [2.05, 4.69) is 84.9 Å². The molecule has 0 heterocycles. The van der Waals surface area contributed by atoms with Crippen molar-refractivity contribution in [2.24, 2.45) is 0 Å². The van der Waals surface area contributed by atoms with Crippen molar-refractivity contribution >= 4 is 11.6 Å². The Kier molecular flexibility index (Phi) is 5.72. The van der Waals surface area contributed by atoms with Gasteiger partial charge in [0.05, 0.1) is 7.11 Å². The maximum absolute atomic E-state index is 5.34. The first-order valence-corrected chi connectivity index (χ1v) is 9.99. The van der Waals surface area contributed by atoms with E-state index < -0.39 is 0 Å². The highest BCUT2D eigenvalue weighted by molar-refractivity contribution is 5.91. The average molecular weight is 367 g/mol. The van der Waals surface area contributed by atoms with Gasteiger partial charge in [-0.1, -0.05) is 78.9 Å². The van der Waals surface area contributed by atoms with Crippen LogP contribution in [0.15, 0.2) is 96.6 Å². The van der Waals surface area contributed by atoms with Crippen LogP contribution in [0.1, 0.15) is 41.9 Å². The molecule has 0 saturated carbocycles. The first-order valence-electron chi connectivity index (χ1n) is 9.99. The normalized spacial score (nSPS) is 17.1. The van der Waals surface area contributed by atoms with E-state index in [1.165, 1.54) is 34.3 Å². The lowest BCUT2D eigenvalue weighted by Crippen LogP contribution is -2.05. The highest BCUT2D eigenvalue weighted by Crippen LogP contribution is 2.38. The standard InChI is InChI=1S/C27H26O/c1-28-26-18-16-25(17-19-26)27(20-21-8-4-2-5-9-21)24-14-12-23(13-15-24)22-10-6-3-7-11-22/h2-11,14,16-20,23H,12-13,15H2,1H3/b27-20-. The summed E-state index contributed by atoms with van der Waals surface area (Å²) in [5.41, 5.74) is 6.70. The molecule has 0 spiro atoms. The minimum Gasteiger partial charge on any atom is -0.497 e.